The molecular weight excluding hydrogens is 268 g/mol. The minimum atomic E-state index is -1.06. The molecule has 4 N–H and O–H groups in total. The van der Waals surface area contributed by atoms with Crippen molar-refractivity contribution in [3.63, 3.8) is 0 Å². The molecule has 5 nitrogen and oxygen atoms in total. The van der Waals surface area contributed by atoms with Gasteiger partial charge in [0.25, 0.3) is 0 Å². The zero-order chi connectivity index (χ0) is 15.3. The first-order chi connectivity index (χ1) is 10.0. The van der Waals surface area contributed by atoms with Crippen LogP contribution in [0, 0.1) is 0 Å². The monoisotopic (exact) mass is 290 g/mol. The lowest BCUT2D eigenvalue weighted by atomic mass is 9.81. The molecule has 114 valence electrons. The number of nitrogens with two attached hydrogens (primary N) is 1. The Morgan fingerprint density at radius 3 is 2.33 bits per heavy atom. The summed E-state index contributed by atoms with van der Waals surface area (Å²) in [5.74, 6) is -1.11. The van der Waals surface area contributed by atoms with Crippen molar-refractivity contribution in [1.29, 1.82) is 0 Å². The second-order valence-corrected chi connectivity index (χ2v) is 5.74. The van der Waals surface area contributed by atoms with Gasteiger partial charge in [0.2, 0.25) is 5.91 Å². The summed E-state index contributed by atoms with van der Waals surface area (Å²) in [5.41, 5.74) is 6.26. The van der Waals surface area contributed by atoms with Crippen LogP contribution >= 0.6 is 0 Å². The standard InChI is InChI=1S/C16H22N2O3/c17-13-7-4-12(5-8-13)6-9-14(19)18-16(15(20)21)10-2-1-3-11-16/h4-5,7-8H,1-3,6,9-11,17H2,(H,18,19)(H,20,21). The molecule has 0 radical (unpaired) electrons. The summed E-state index contributed by atoms with van der Waals surface area (Å²) in [6.45, 7) is 0. The third-order valence-corrected chi connectivity index (χ3v) is 4.12. The summed E-state index contributed by atoms with van der Waals surface area (Å²) < 4.78 is 0. The van der Waals surface area contributed by atoms with Gasteiger partial charge in [-0.25, -0.2) is 4.79 Å². The predicted molar refractivity (Wildman–Crippen MR) is 80.8 cm³/mol. The molecule has 21 heavy (non-hydrogen) atoms. The highest BCUT2D eigenvalue weighted by Crippen LogP contribution is 2.28. The highest BCUT2D eigenvalue weighted by Gasteiger charge is 2.40. The van der Waals surface area contributed by atoms with E-state index in [0.29, 0.717) is 31.4 Å². The first kappa shape index (κ1) is 15.4. The summed E-state index contributed by atoms with van der Waals surface area (Å²) in [6.07, 6.45) is 4.66. The predicted octanol–water partition coefficient (Wildman–Crippen LogP) is 2.11. The molecule has 1 aliphatic rings. The van der Waals surface area contributed by atoms with Gasteiger partial charge in [0.15, 0.2) is 0 Å². The second kappa shape index (κ2) is 6.61. The van der Waals surface area contributed by atoms with E-state index >= 15 is 0 Å². The summed E-state index contributed by atoms with van der Waals surface area (Å²) >= 11 is 0. The average molecular weight is 290 g/mol. The van der Waals surface area contributed by atoms with Crippen LogP contribution in [0.2, 0.25) is 0 Å². The SMILES string of the molecule is Nc1ccc(CCC(=O)NC2(C(=O)O)CCCCC2)cc1. The largest absolute Gasteiger partial charge is 0.480 e. The number of nitrogens with one attached hydrogen (secondary N) is 1. The molecule has 0 bridgehead atoms. The van der Waals surface area contributed by atoms with Gasteiger partial charge in [-0.3, -0.25) is 4.79 Å². The molecular formula is C16H22N2O3. The number of hydrogen-bond acceptors (Lipinski definition) is 3. The summed E-state index contributed by atoms with van der Waals surface area (Å²) in [7, 11) is 0. The summed E-state index contributed by atoms with van der Waals surface area (Å²) in [5, 5.41) is 12.2. The first-order valence-corrected chi connectivity index (χ1v) is 7.41. The van der Waals surface area contributed by atoms with Crippen LogP contribution in [0.4, 0.5) is 5.69 Å². The van der Waals surface area contributed by atoms with E-state index in [4.69, 9.17) is 5.73 Å². The molecule has 1 saturated carbocycles. The van der Waals surface area contributed by atoms with Gasteiger partial charge >= 0.3 is 5.97 Å². The van der Waals surface area contributed by atoms with Crippen LogP contribution < -0.4 is 11.1 Å². The van der Waals surface area contributed by atoms with Crippen molar-refractivity contribution in [1.82, 2.24) is 5.32 Å². The summed E-state index contributed by atoms with van der Waals surface area (Å²) in [6, 6.07) is 7.37. The Morgan fingerprint density at radius 2 is 1.76 bits per heavy atom. The summed E-state index contributed by atoms with van der Waals surface area (Å²) in [4.78, 5) is 23.6. The molecule has 1 aromatic carbocycles. The van der Waals surface area contributed by atoms with E-state index in [1.165, 1.54) is 0 Å². The van der Waals surface area contributed by atoms with Gasteiger partial charge in [0.1, 0.15) is 5.54 Å². The Bertz CT molecular complexity index is 505. The van der Waals surface area contributed by atoms with Gasteiger partial charge in [-0.1, -0.05) is 31.4 Å². The van der Waals surface area contributed by atoms with Gasteiger partial charge in [0.05, 0.1) is 0 Å². The highest BCUT2D eigenvalue weighted by atomic mass is 16.4. The molecule has 0 heterocycles. The number of nitrogen functional groups attached to an aromatic ring is 1. The van der Waals surface area contributed by atoms with E-state index in [9.17, 15) is 14.7 Å². The van der Waals surface area contributed by atoms with Crippen molar-refractivity contribution in [3.05, 3.63) is 29.8 Å². The number of amides is 1. The second-order valence-electron chi connectivity index (χ2n) is 5.74. The smallest absolute Gasteiger partial charge is 0.329 e. The third-order valence-electron chi connectivity index (χ3n) is 4.12. The number of rotatable bonds is 5. The molecule has 0 aliphatic heterocycles. The van der Waals surface area contributed by atoms with Crippen LogP contribution in [0.25, 0.3) is 0 Å². The topological polar surface area (TPSA) is 92.4 Å². The van der Waals surface area contributed by atoms with Crippen LogP contribution in [-0.2, 0) is 16.0 Å². The maximum absolute atomic E-state index is 12.1. The number of carbonyl (C=O) groups excluding carboxylic acids is 1. The zero-order valence-corrected chi connectivity index (χ0v) is 12.1. The van der Waals surface area contributed by atoms with Crippen LogP contribution in [0.15, 0.2) is 24.3 Å². The lowest BCUT2D eigenvalue weighted by Crippen LogP contribution is -2.55. The van der Waals surface area contributed by atoms with E-state index in [1.54, 1.807) is 12.1 Å². The van der Waals surface area contributed by atoms with E-state index in [0.717, 1.165) is 24.8 Å². The quantitative estimate of drug-likeness (QED) is 0.724. The average Bonchev–Trinajstić information content (AvgIpc) is 2.47. The minimum absolute atomic E-state index is 0.198. The number of hydrogen-bond donors (Lipinski definition) is 3. The normalized spacial score (nSPS) is 17.1. The van der Waals surface area contributed by atoms with Crippen LogP contribution in [0.1, 0.15) is 44.1 Å². The number of carboxylic acids is 1. The Hall–Kier alpha value is -2.04. The molecule has 1 amide bonds. The lowest BCUT2D eigenvalue weighted by molar-refractivity contribution is -0.149. The molecule has 0 unspecified atom stereocenters. The molecule has 1 aromatic rings. The molecule has 0 spiro atoms. The van der Waals surface area contributed by atoms with Gasteiger partial charge in [-0.2, -0.15) is 0 Å². The van der Waals surface area contributed by atoms with Crippen LogP contribution in [0.5, 0.6) is 0 Å². The lowest BCUT2D eigenvalue weighted by Gasteiger charge is -2.34. The van der Waals surface area contributed by atoms with Crippen molar-refractivity contribution in [2.45, 2.75) is 50.5 Å². The van der Waals surface area contributed by atoms with Gasteiger partial charge in [-0.05, 0) is 37.0 Å². The number of aryl methyl sites for hydroxylation is 1. The minimum Gasteiger partial charge on any atom is -0.480 e. The number of carboxylic acid groups (broad SMARTS) is 1. The number of aliphatic carboxylic acids is 1. The number of anilines is 1. The highest BCUT2D eigenvalue weighted by molar-refractivity contribution is 5.87. The number of benzene rings is 1. The van der Waals surface area contributed by atoms with Gasteiger partial charge in [-0.15, -0.1) is 0 Å². The molecule has 5 heteroatoms. The number of carbonyl (C=O) groups is 2. The maximum atomic E-state index is 12.1. The van der Waals surface area contributed by atoms with E-state index < -0.39 is 11.5 Å². The Balaban J connectivity index is 1.90. The molecule has 1 aliphatic carbocycles. The van der Waals surface area contributed by atoms with Gasteiger partial charge < -0.3 is 16.2 Å². The Labute approximate surface area is 124 Å². The molecule has 2 rings (SSSR count). The Kier molecular flexibility index (Phi) is 4.83. The molecule has 1 fully saturated rings. The van der Waals surface area contributed by atoms with E-state index in [1.807, 2.05) is 12.1 Å². The van der Waals surface area contributed by atoms with Crippen molar-refractivity contribution < 1.29 is 14.7 Å². The van der Waals surface area contributed by atoms with Crippen LogP contribution in [0.3, 0.4) is 0 Å². The van der Waals surface area contributed by atoms with Crippen molar-refractivity contribution in [2.75, 3.05) is 5.73 Å². The maximum Gasteiger partial charge on any atom is 0.329 e. The fraction of sp³-hybridized carbons (Fsp3) is 0.500. The van der Waals surface area contributed by atoms with E-state index in [-0.39, 0.29) is 5.91 Å². The van der Waals surface area contributed by atoms with Crippen molar-refractivity contribution >= 4 is 17.6 Å². The van der Waals surface area contributed by atoms with Gasteiger partial charge in [0, 0.05) is 12.1 Å². The molecule has 0 atom stereocenters. The first-order valence-electron chi connectivity index (χ1n) is 7.41. The van der Waals surface area contributed by atoms with Crippen molar-refractivity contribution in [2.24, 2.45) is 0 Å². The Morgan fingerprint density at radius 1 is 1.14 bits per heavy atom. The fourth-order valence-corrected chi connectivity index (χ4v) is 2.82. The molecule has 0 aromatic heterocycles. The molecule has 0 saturated heterocycles. The third kappa shape index (κ3) is 3.97. The fourth-order valence-electron chi connectivity index (χ4n) is 2.82. The van der Waals surface area contributed by atoms with E-state index in [2.05, 4.69) is 5.32 Å². The van der Waals surface area contributed by atoms with Crippen molar-refractivity contribution in [3.8, 4) is 0 Å². The zero-order valence-electron chi connectivity index (χ0n) is 12.1. The van der Waals surface area contributed by atoms with Crippen LogP contribution in [-0.4, -0.2) is 22.5 Å².